The van der Waals surface area contributed by atoms with Crippen LogP contribution in [0.5, 0.6) is 0 Å². The highest BCUT2D eigenvalue weighted by atomic mass is 79.9. The molecule has 1 aliphatic carbocycles. The van der Waals surface area contributed by atoms with Gasteiger partial charge in [0.05, 0.1) is 17.3 Å². The van der Waals surface area contributed by atoms with Crippen LogP contribution in [0.3, 0.4) is 0 Å². The van der Waals surface area contributed by atoms with E-state index in [-0.39, 0.29) is 17.5 Å². The smallest absolute Gasteiger partial charge is 0.239 e. The number of benzene rings is 1. The molecule has 0 spiro atoms. The van der Waals surface area contributed by atoms with E-state index in [0.29, 0.717) is 16.1 Å². The lowest BCUT2D eigenvalue weighted by atomic mass is 10.3. The molecule has 18 heavy (non-hydrogen) atoms. The molecule has 3 nitrogen and oxygen atoms in total. The monoisotopic (exact) mass is 334 g/mol. The van der Waals surface area contributed by atoms with Crippen molar-refractivity contribution >= 4 is 39.1 Å². The number of carbonyl (C=O) groups excluding carboxylic acids is 1. The molecule has 0 aliphatic heterocycles. The summed E-state index contributed by atoms with van der Waals surface area (Å²) in [5.41, 5.74) is 0.527. The van der Waals surface area contributed by atoms with Gasteiger partial charge in [0.1, 0.15) is 5.82 Å². The van der Waals surface area contributed by atoms with Crippen LogP contribution in [0.2, 0.25) is 5.02 Å². The Labute approximate surface area is 118 Å². The Morgan fingerprint density at radius 1 is 1.50 bits per heavy atom. The first kappa shape index (κ1) is 13.6. The molecule has 6 heteroatoms. The Kier molecular flexibility index (Phi) is 4.45. The first-order valence-electron chi connectivity index (χ1n) is 5.71. The Morgan fingerprint density at radius 2 is 2.22 bits per heavy atom. The van der Waals surface area contributed by atoms with Crippen LogP contribution in [-0.2, 0) is 4.79 Å². The summed E-state index contributed by atoms with van der Waals surface area (Å²) in [4.78, 5) is 11.5. The zero-order chi connectivity index (χ0) is 13.1. The zero-order valence-electron chi connectivity index (χ0n) is 9.60. The first-order chi connectivity index (χ1) is 8.56. The summed E-state index contributed by atoms with van der Waals surface area (Å²) in [5, 5.41) is 5.97. The van der Waals surface area contributed by atoms with Crippen molar-refractivity contribution in [1.82, 2.24) is 5.32 Å². The summed E-state index contributed by atoms with van der Waals surface area (Å²) < 4.78 is 13.5. The lowest BCUT2D eigenvalue weighted by molar-refractivity contribution is -0.119. The number of hydrogen-bond acceptors (Lipinski definition) is 2. The molecule has 1 saturated carbocycles. The molecule has 0 bridgehead atoms. The summed E-state index contributed by atoms with van der Waals surface area (Å²) in [5.74, 6) is 0.139. The van der Waals surface area contributed by atoms with Gasteiger partial charge < -0.3 is 10.6 Å². The summed E-state index contributed by atoms with van der Waals surface area (Å²) in [6.07, 6.45) is 2.39. The van der Waals surface area contributed by atoms with Crippen LogP contribution in [-0.4, -0.2) is 19.0 Å². The molecule has 0 aromatic heterocycles. The minimum atomic E-state index is -0.421. The minimum absolute atomic E-state index is 0.0887. The molecule has 0 heterocycles. The summed E-state index contributed by atoms with van der Waals surface area (Å²) in [6, 6.07) is 2.51. The van der Waals surface area contributed by atoms with E-state index in [1.165, 1.54) is 25.0 Å². The fourth-order valence-electron chi connectivity index (χ4n) is 1.52. The number of hydrogen-bond donors (Lipinski definition) is 2. The number of halogens is 3. The number of anilines is 1. The van der Waals surface area contributed by atoms with E-state index >= 15 is 0 Å². The van der Waals surface area contributed by atoms with Gasteiger partial charge in [-0.05, 0) is 46.8 Å². The molecular formula is C12H13BrClFN2O. The van der Waals surface area contributed by atoms with E-state index in [1.54, 1.807) is 0 Å². The van der Waals surface area contributed by atoms with Gasteiger partial charge in [0.2, 0.25) is 5.91 Å². The average Bonchev–Trinajstić information content (AvgIpc) is 3.08. The van der Waals surface area contributed by atoms with Crippen molar-refractivity contribution < 1.29 is 9.18 Å². The Hall–Kier alpha value is -0.810. The highest BCUT2D eigenvalue weighted by molar-refractivity contribution is 9.10. The second kappa shape index (κ2) is 5.89. The van der Waals surface area contributed by atoms with Crippen LogP contribution < -0.4 is 10.6 Å². The average molecular weight is 336 g/mol. The largest absolute Gasteiger partial charge is 0.374 e. The molecular weight excluding hydrogens is 323 g/mol. The molecule has 1 aromatic rings. The SMILES string of the molecule is O=C(CNc1c(Cl)cc(F)cc1Br)NCC1CC1. The van der Waals surface area contributed by atoms with Crippen molar-refractivity contribution in [2.24, 2.45) is 5.92 Å². The molecule has 0 saturated heterocycles. The van der Waals surface area contributed by atoms with Crippen LogP contribution in [0, 0.1) is 11.7 Å². The molecule has 1 aromatic carbocycles. The molecule has 0 unspecified atom stereocenters. The molecule has 2 rings (SSSR count). The lowest BCUT2D eigenvalue weighted by Crippen LogP contribution is -2.31. The van der Waals surface area contributed by atoms with E-state index < -0.39 is 5.82 Å². The molecule has 2 N–H and O–H groups in total. The predicted octanol–water partition coefficient (Wildman–Crippen LogP) is 3.18. The van der Waals surface area contributed by atoms with E-state index in [2.05, 4.69) is 26.6 Å². The maximum Gasteiger partial charge on any atom is 0.239 e. The molecule has 98 valence electrons. The number of rotatable bonds is 5. The topological polar surface area (TPSA) is 41.1 Å². The van der Waals surface area contributed by atoms with Crippen molar-refractivity contribution in [3.63, 3.8) is 0 Å². The van der Waals surface area contributed by atoms with Crippen molar-refractivity contribution in [2.45, 2.75) is 12.8 Å². The Balaban J connectivity index is 1.86. The summed E-state index contributed by atoms with van der Waals surface area (Å²) in [7, 11) is 0. The van der Waals surface area contributed by atoms with Crippen molar-refractivity contribution in [2.75, 3.05) is 18.4 Å². The van der Waals surface area contributed by atoms with Crippen LogP contribution >= 0.6 is 27.5 Å². The van der Waals surface area contributed by atoms with E-state index in [0.717, 1.165) is 6.54 Å². The van der Waals surface area contributed by atoms with Crippen molar-refractivity contribution in [3.05, 3.63) is 27.4 Å². The van der Waals surface area contributed by atoms with Crippen molar-refractivity contribution in [3.8, 4) is 0 Å². The third-order valence-electron chi connectivity index (χ3n) is 2.72. The van der Waals surface area contributed by atoms with Gasteiger partial charge in [-0.2, -0.15) is 0 Å². The summed E-state index contributed by atoms with van der Waals surface area (Å²) >= 11 is 9.09. The van der Waals surface area contributed by atoms with Gasteiger partial charge in [0.15, 0.2) is 0 Å². The quantitative estimate of drug-likeness (QED) is 0.868. The number of nitrogens with one attached hydrogen (secondary N) is 2. The maximum atomic E-state index is 13.0. The lowest BCUT2D eigenvalue weighted by Gasteiger charge is -2.11. The number of carbonyl (C=O) groups is 1. The molecule has 1 fully saturated rings. The molecule has 0 radical (unpaired) electrons. The summed E-state index contributed by atoms with van der Waals surface area (Å²) in [6.45, 7) is 0.857. The Morgan fingerprint density at radius 3 is 2.83 bits per heavy atom. The standard InChI is InChI=1S/C12H13BrClFN2O/c13-9-3-8(15)4-10(14)12(9)17-6-11(18)16-5-7-1-2-7/h3-4,7,17H,1-2,5-6H2,(H,16,18). The van der Waals surface area contributed by atoms with Gasteiger partial charge in [0, 0.05) is 11.0 Å². The van der Waals surface area contributed by atoms with Gasteiger partial charge in [-0.1, -0.05) is 11.6 Å². The van der Waals surface area contributed by atoms with Crippen LogP contribution in [0.25, 0.3) is 0 Å². The van der Waals surface area contributed by atoms with Crippen LogP contribution in [0.1, 0.15) is 12.8 Å². The van der Waals surface area contributed by atoms with E-state index in [9.17, 15) is 9.18 Å². The first-order valence-corrected chi connectivity index (χ1v) is 6.88. The highest BCUT2D eigenvalue weighted by Gasteiger charge is 2.21. The van der Waals surface area contributed by atoms with Gasteiger partial charge >= 0.3 is 0 Å². The van der Waals surface area contributed by atoms with Gasteiger partial charge in [-0.25, -0.2) is 4.39 Å². The molecule has 1 aliphatic rings. The zero-order valence-corrected chi connectivity index (χ0v) is 11.9. The van der Waals surface area contributed by atoms with Crippen LogP contribution in [0.15, 0.2) is 16.6 Å². The van der Waals surface area contributed by atoms with Gasteiger partial charge in [-0.3, -0.25) is 4.79 Å². The predicted molar refractivity (Wildman–Crippen MR) is 73.3 cm³/mol. The fourth-order valence-corrected chi connectivity index (χ4v) is 2.48. The highest BCUT2D eigenvalue weighted by Crippen LogP contribution is 2.31. The second-order valence-corrected chi connectivity index (χ2v) is 5.61. The third kappa shape index (κ3) is 3.85. The molecule has 0 atom stereocenters. The maximum absolute atomic E-state index is 13.0. The third-order valence-corrected chi connectivity index (χ3v) is 3.64. The normalized spacial score (nSPS) is 14.4. The van der Waals surface area contributed by atoms with Crippen molar-refractivity contribution in [1.29, 1.82) is 0 Å². The minimum Gasteiger partial charge on any atom is -0.374 e. The fraction of sp³-hybridized carbons (Fsp3) is 0.417. The van der Waals surface area contributed by atoms with Gasteiger partial charge in [0.25, 0.3) is 0 Å². The van der Waals surface area contributed by atoms with Crippen LogP contribution in [0.4, 0.5) is 10.1 Å². The number of amides is 1. The van der Waals surface area contributed by atoms with Gasteiger partial charge in [-0.15, -0.1) is 0 Å². The second-order valence-electron chi connectivity index (χ2n) is 4.35. The Bertz CT molecular complexity index is 442. The van der Waals surface area contributed by atoms with E-state index in [4.69, 9.17) is 11.6 Å². The van der Waals surface area contributed by atoms with E-state index in [1.807, 2.05) is 0 Å². The molecule has 1 amide bonds.